The predicted octanol–water partition coefficient (Wildman–Crippen LogP) is 0.0967. The molecule has 1 heterocycles. The number of nitrogens with one attached hydrogen (secondary N) is 1. The normalized spacial score (nSPS) is 30.1. The van der Waals surface area contributed by atoms with Crippen molar-refractivity contribution >= 4 is 5.91 Å². The van der Waals surface area contributed by atoms with Crippen molar-refractivity contribution in [2.45, 2.75) is 32.7 Å². The molecule has 0 radical (unpaired) electrons. The molecule has 1 amide bonds. The number of nitrogens with zero attached hydrogens (tertiary/aromatic N) is 1. The smallest absolute Gasteiger partial charge is 0.248 e. The molecule has 1 saturated heterocycles. The van der Waals surface area contributed by atoms with Crippen molar-refractivity contribution in [3.05, 3.63) is 0 Å². The molecule has 2 unspecified atom stereocenters. The number of hydrogen-bond acceptors (Lipinski definition) is 3. The second-order valence-corrected chi connectivity index (χ2v) is 4.02. The maximum atomic E-state index is 11.0. The van der Waals surface area contributed by atoms with Gasteiger partial charge in [-0.3, -0.25) is 15.1 Å². The third kappa shape index (κ3) is 2.97. The fourth-order valence-corrected chi connectivity index (χ4v) is 1.92. The van der Waals surface area contributed by atoms with E-state index in [1.165, 1.54) is 12.8 Å². The van der Waals surface area contributed by atoms with Gasteiger partial charge < -0.3 is 0 Å². The van der Waals surface area contributed by atoms with Gasteiger partial charge in [0.15, 0.2) is 0 Å². The second kappa shape index (κ2) is 4.58. The molecular formula is C9H19N3O. The lowest BCUT2D eigenvalue weighted by molar-refractivity contribution is -0.123. The lowest BCUT2D eigenvalue weighted by Gasteiger charge is -2.35. The lowest BCUT2D eigenvalue weighted by atomic mass is 9.93. The van der Waals surface area contributed by atoms with Gasteiger partial charge in [0.25, 0.3) is 0 Å². The van der Waals surface area contributed by atoms with Gasteiger partial charge in [0, 0.05) is 6.04 Å². The molecule has 2 atom stereocenters. The van der Waals surface area contributed by atoms with Gasteiger partial charge in [-0.1, -0.05) is 6.92 Å². The van der Waals surface area contributed by atoms with Crippen molar-refractivity contribution in [1.82, 2.24) is 10.3 Å². The van der Waals surface area contributed by atoms with Gasteiger partial charge >= 0.3 is 0 Å². The quantitative estimate of drug-likeness (QED) is 0.364. The van der Waals surface area contributed by atoms with E-state index in [1.807, 2.05) is 0 Å². The summed E-state index contributed by atoms with van der Waals surface area (Å²) in [4.78, 5) is 13.2. The maximum absolute atomic E-state index is 11.0. The van der Waals surface area contributed by atoms with E-state index in [4.69, 9.17) is 5.84 Å². The Bertz CT molecular complexity index is 184. The van der Waals surface area contributed by atoms with Crippen LogP contribution < -0.4 is 11.3 Å². The molecule has 13 heavy (non-hydrogen) atoms. The minimum absolute atomic E-state index is 0.0959. The van der Waals surface area contributed by atoms with Crippen LogP contribution in [0.4, 0.5) is 0 Å². The third-order valence-corrected chi connectivity index (χ3v) is 2.78. The van der Waals surface area contributed by atoms with Gasteiger partial charge in [-0.25, -0.2) is 5.84 Å². The van der Waals surface area contributed by atoms with E-state index < -0.39 is 0 Å². The van der Waals surface area contributed by atoms with Crippen molar-refractivity contribution in [3.8, 4) is 0 Å². The van der Waals surface area contributed by atoms with Gasteiger partial charge in [0.1, 0.15) is 0 Å². The summed E-state index contributed by atoms with van der Waals surface area (Å²) < 4.78 is 0. The fourth-order valence-electron chi connectivity index (χ4n) is 1.92. The average Bonchev–Trinajstić information content (AvgIpc) is 2.09. The summed E-state index contributed by atoms with van der Waals surface area (Å²) in [5.41, 5.74) is 2.16. The molecule has 1 rings (SSSR count). The van der Waals surface area contributed by atoms with Crippen molar-refractivity contribution in [2.24, 2.45) is 11.8 Å². The fraction of sp³-hybridized carbons (Fsp3) is 0.889. The zero-order chi connectivity index (χ0) is 9.84. The molecule has 0 aromatic carbocycles. The Labute approximate surface area is 79.4 Å². The van der Waals surface area contributed by atoms with E-state index in [0.717, 1.165) is 12.5 Å². The third-order valence-electron chi connectivity index (χ3n) is 2.78. The van der Waals surface area contributed by atoms with E-state index in [1.54, 1.807) is 0 Å². The Hall–Kier alpha value is -0.610. The molecule has 1 fully saturated rings. The van der Waals surface area contributed by atoms with E-state index in [0.29, 0.717) is 12.6 Å². The van der Waals surface area contributed by atoms with Crippen molar-refractivity contribution < 1.29 is 4.79 Å². The lowest BCUT2D eigenvalue weighted by Crippen LogP contribution is -2.47. The van der Waals surface area contributed by atoms with Gasteiger partial charge in [0.05, 0.1) is 6.54 Å². The average molecular weight is 185 g/mol. The van der Waals surface area contributed by atoms with Crippen LogP contribution in [0.25, 0.3) is 0 Å². The molecule has 0 spiro atoms. The highest BCUT2D eigenvalue weighted by atomic mass is 16.2. The Balaban J connectivity index is 2.38. The van der Waals surface area contributed by atoms with E-state index in [-0.39, 0.29) is 5.91 Å². The summed E-state index contributed by atoms with van der Waals surface area (Å²) in [5, 5.41) is 0. The molecule has 0 aromatic rings. The summed E-state index contributed by atoms with van der Waals surface area (Å²) in [6.07, 6.45) is 2.36. The topological polar surface area (TPSA) is 58.4 Å². The molecule has 0 saturated carbocycles. The maximum Gasteiger partial charge on any atom is 0.248 e. The summed E-state index contributed by atoms with van der Waals surface area (Å²) in [6, 6.07) is 0.501. The number of carbonyl (C=O) groups is 1. The van der Waals surface area contributed by atoms with Gasteiger partial charge in [-0.05, 0) is 32.2 Å². The van der Waals surface area contributed by atoms with Gasteiger partial charge in [0.2, 0.25) is 5.91 Å². The second-order valence-electron chi connectivity index (χ2n) is 4.02. The highest BCUT2D eigenvalue weighted by molar-refractivity contribution is 5.77. The van der Waals surface area contributed by atoms with Crippen LogP contribution in [0.5, 0.6) is 0 Å². The van der Waals surface area contributed by atoms with Gasteiger partial charge in [-0.2, -0.15) is 0 Å². The first-order valence-electron chi connectivity index (χ1n) is 4.87. The monoisotopic (exact) mass is 185 g/mol. The minimum Gasteiger partial charge on any atom is -0.293 e. The number of carbonyl (C=O) groups excluding carboxylic acids is 1. The number of piperidine rings is 1. The molecule has 1 aliphatic rings. The summed E-state index contributed by atoms with van der Waals surface area (Å²) in [5.74, 6) is 5.72. The number of nitrogens with two attached hydrogens (primary N) is 1. The number of rotatable bonds is 2. The Morgan fingerprint density at radius 3 is 2.85 bits per heavy atom. The molecule has 4 nitrogen and oxygen atoms in total. The Morgan fingerprint density at radius 1 is 1.62 bits per heavy atom. The highest BCUT2D eigenvalue weighted by Crippen LogP contribution is 2.21. The zero-order valence-electron chi connectivity index (χ0n) is 8.42. The van der Waals surface area contributed by atoms with Crippen LogP contribution in [0, 0.1) is 5.92 Å². The van der Waals surface area contributed by atoms with E-state index in [2.05, 4.69) is 24.2 Å². The Morgan fingerprint density at radius 2 is 2.31 bits per heavy atom. The van der Waals surface area contributed by atoms with Crippen molar-refractivity contribution in [2.75, 3.05) is 13.1 Å². The number of hydrazine groups is 1. The van der Waals surface area contributed by atoms with E-state index in [9.17, 15) is 4.79 Å². The van der Waals surface area contributed by atoms with Gasteiger partial charge in [-0.15, -0.1) is 0 Å². The predicted molar refractivity (Wildman–Crippen MR) is 51.8 cm³/mol. The van der Waals surface area contributed by atoms with Crippen LogP contribution in [-0.2, 0) is 4.79 Å². The molecule has 0 aliphatic carbocycles. The van der Waals surface area contributed by atoms with Crippen LogP contribution in [0.2, 0.25) is 0 Å². The van der Waals surface area contributed by atoms with Crippen LogP contribution >= 0.6 is 0 Å². The summed E-state index contributed by atoms with van der Waals surface area (Å²) >= 11 is 0. The number of likely N-dealkylation sites (tertiary alicyclic amines) is 1. The first-order chi connectivity index (χ1) is 6.13. The minimum atomic E-state index is -0.0959. The van der Waals surface area contributed by atoms with Crippen LogP contribution in [0.15, 0.2) is 0 Å². The van der Waals surface area contributed by atoms with Crippen molar-refractivity contribution in [1.29, 1.82) is 0 Å². The largest absolute Gasteiger partial charge is 0.293 e. The molecule has 3 N–H and O–H groups in total. The number of amides is 1. The van der Waals surface area contributed by atoms with Crippen molar-refractivity contribution in [3.63, 3.8) is 0 Å². The standard InChI is InChI=1S/C9H19N3O/c1-7-3-4-12(8(2)5-7)6-9(13)11-10/h7-8H,3-6,10H2,1-2H3,(H,11,13). The summed E-state index contributed by atoms with van der Waals surface area (Å²) in [7, 11) is 0. The molecule has 1 aliphatic heterocycles. The molecule has 4 heteroatoms. The number of hydrogen-bond donors (Lipinski definition) is 2. The SMILES string of the molecule is CC1CCN(CC(=O)NN)C(C)C1. The van der Waals surface area contributed by atoms with E-state index >= 15 is 0 Å². The molecular weight excluding hydrogens is 166 g/mol. The van der Waals surface area contributed by atoms with Crippen LogP contribution in [-0.4, -0.2) is 29.9 Å². The highest BCUT2D eigenvalue weighted by Gasteiger charge is 2.23. The first kappa shape index (κ1) is 10.5. The first-order valence-corrected chi connectivity index (χ1v) is 4.87. The summed E-state index contributed by atoms with van der Waals surface area (Å²) in [6.45, 7) is 5.87. The van der Waals surface area contributed by atoms with Crippen LogP contribution in [0.1, 0.15) is 26.7 Å². The Kier molecular flexibility index (Phi) is 3.69. The van der Waals surface area contributed by atoms with Crippen LogP contribution in [0.3, 0.4) is 0 Å². The molecule has 0 aromatic heterocycles. The molecule has 76 valence electrons. The molecule has 0 bridgehead atoms. The zero-order valence-corrected chi connectivity index (χ0v) is 8.42.